The van der Waals surface area contributed by atoms with E-state index in [0.29, 0.717) is 31.9 Å². The summed E-state index contributed by atoms with van der Waals surface area (Å²) in [7, 11) is -9.43. The summed E-state index contributed by atoms with van der Waals surface area (Å²) in [5, 5.41) is 2.41. The smallest absolute Gasteiger partial charge is 0.294 e. The molecular formula is C13H21N3O7S2. The van der Waals surface area contributed by atoms with Gasteiger partial charge in [-0.25, -0.2) is 0 Å². The molecule has 0 aliphatic heterocycles. The van der Waals surface area contributed by atoms with E-state index < -0.39 is 42.0 Å². The number of amides is 1. The molecule has 1 aromatic carbocycles. The van der Waals surface area contributed by atoms with Gasteiger partial charge in [-0.15, -0.1) is 0 Å². The molecule has 0 aromatic heterocycles. The van der Waals surface area contributed by atoms with Gasteiger partial charge in [0.05, 0.1) is 10.9 Å². The molecule has 0 aliphatic rings. The highest BCUT2D eigenvalue weighted by Gasteiger charge is 2.21. The van der Waals surface area contributed by atoms with E-state index in [2.05, 4.69) is 5.32 Å². The molecule has 142 valence electrons. The van der Waals surface area contributed by atoms with E-state index in [1.807, 2.05) is 0 Å². The number of carbonyl (C=O) groups is 1. The standard InChI is InChI=1S/C13H21N3O7S2/c14-6-2-1-3-11(15)13(17)16-8-9-4-5-10(24(18,19)20)7-12(9)25(21,22)23/h4-5,7,11H,1-3,6,8,14-15H2,(H,16,17)(H,18,19,20)(H,21,22,23). The number of nitrogens with two attached hydrogens (primary N) is 2. The van der Waals surface area contributed by atoms with Crippen LogP contribution in [0.2, 0.25) is 0 Å². The van der Waals surface area contributed by atoms with Crippen molar-refractivity contribution in [3.8, 4) is 0 Å². The second kappa shape index (κ2) is 8.69. The monoisotopic (exact) mass is 395 g/mol. The van der Waals surface area contributed by atoms with Crippen molar-refractivity contribution in [2.45, 2.75) is 41.6 Å². The minimum atomic E-state index is -4.77. The summed E-state index contributed by atoms with van der Waals surface area (Å²) in [5.74, 6) is -0.530. The summed E-state index contributed by atoms with van der Waals surface area (Å²) in [5.41, 5.74) is 11.0. The van der Waals surface area contributed by atoms with Gasteiger partial charge in [-0.3, -0.25) is 13.9 Å². The van der Waals surface area contributed by atoms with Gasteiger partial charge in [0.25, 0.3) is 20.2 Å². The van der Waals surface area contributed by atoms with Crippen LogP contribution in [-0.4, -0.2) is 44.4 Å². The topological polar surface area (TPSA) is 190 Å². The van der Waals surface area contributed by atoms with Crippen molar-refractivity contribution in [1.82, 2.24) is 5.32 Å². The van der Waals surface area contributed by atoms with Gasteiger partial charge in [0.15, 0.2) is 0 Å². The van der Waals surface area contributed by atoms with Crippen LogP contribution in [0, 0.1) is 0 Å². The maximum Gasteiger partial charge on any atom is 0.294 e. The van der Waals surface area contributed by atoms with Crippen molar-refractivity contribution in [1.29, 1.82) is 0 Å². The lowest BCUT2D eigenvalue weighted by atomic mass is 10.1. The predicted molar refractivity (Wildman–Crippen MR) is 88.8 cm³/mol. The second-order valence-electron chi connectivity index (χ2n) is 5.33. The minimum Gasteiger partial charge on any atom is -0.351 e. The van der Waals surface area contributed by atoms with Crippen LogP contribution in [-0.2, 0) is 31.6 Å². The Bertz CT molecular complexity index is 822. The van der Waals surface area contributed by atoms with Crippen LogP contribution < -0.4 is 16.8 Å². The Kier molecular flexibility index (Phi) is 7.46. The van der Waals surface area contributed by atoms with E-state index in [9.17, 15) is 26.2 Å². The van der Waals surface area contributed by atoms with Gasteiger partial charge >= 0.3 is 0 Å². The predicted octanol–water partition coefficient (Wildman–Crippen LogP) is -0.747. The molecule has 0 saturated carbocycles. The summed E-state index contributed by atoms with van der Waals surface area (Å²) in [6, 6.07) is 1.81. The summed E-state index contributed by atoms with van der Waals surface area (Å²) in [6.07, 6.45) is 1.77. The van der Waals surface area contributed by atoms with Crippen LogP contribution in [0.15, 0.2) is 28.0 Å². The van der Waals surface area contributed by atoms with Gasteiger partial charge in [0, 0.05) is 6.54 Å². The zero-order chi connectivity index (χ0) is 19.3. The third-order valence-electron chi connectivity index (χ3n) is 3.37. The highest BCUT2D eigenvalue weighted by atomic mass is 32.2. The van der Waals surface area contributed by atoms with Crippen molar-refractivity contribution < 1.29 is 30.7 Å². The first-order valence-corrected chi connectivity index (χ1v) is 10.2. The Hall–Kier alpha value is -1.57. The lowest BCUT2D eigenvalue weighted by molar-refractivity contribution is -0.122. The number of hydrogen-bond donors (Lipinski definition) is 5. The highest BCUT2D eigenvalue weighted by Crippen LogP contribution is 2.20. The normalized spacial score (nSPS) is 13.4. The summed E-state index contributed by atoms with van der Waals surface area (Å²) in [6.45, 7) is 0.177. The van der Waals surface area contributed by atoms with Crippen LogP contribution in [0.5, 0.6) is 0 Å². The first-order valence-electron chi connectivity index (χ1n) is 7.28. The third kappa shape index (κ3) is 6.68. The lowest BCUT2D eigenvalue weighted by Gasteiger charge is -2.14. The quantitative estimate of drug-likeness (QED) is 0.264. The minimum absolute atomic E-state index is 0.0580. The van der Waals surface area contributed by atoms with E-state index in [-0.39, 0.29) is 12.1 Å². The SMILES string of the molecule is NCCCCC(N)C(=O)NCc1ccc(S(=O)(=O)O)cc1S(=O)(=O)O. The van der Waals surface area contributed by atoms with Gasteiger partial charge in [-0.05, 0) is 37.1 Å². The van der Waals surface area contributed by atoms with Gasteiger partial charge in [0.1, 0.15) is 4.90 Å². The molecule has 0 heterocycles. The van der Waals surface area contributed by atoms with Crippen molar-refractivity contribution in [2.24, 2.45) is 11.5 Å². The Balaban J connectivity index is 2.93. The molecule has 7 N–H and O–H groups in total. The van der Waals surface area contributed by atoms with E-state index in [4.69, 9.17) is 16.0 Å². The fourth-order valence-corrected chi connectivity index (χ4v) is 3.36. The van der Waals surface area contributed by atoms with Crippen LogP contribution in [0.25, 0.3) is 0 Å². The molecule has 12 heteroatoms. The molecule has 0 bridgehead atoms. The number of hydrogen-bond acceptors (Lipinski definition) is 7. The van der Waals surface area contributed by atoms with E-state index in [1.54, 1.807) is 0 Å². The molecule has 0 aliphatic carbocycles. The van der Waals surface area contributed by atoms with Crippen LogP contribution in [0.1, 0.15) is 24.8 Å². The molecule has 10 nitrogen and oxygen atoms in total. The van der Waals surface area contributed by atoms with Crippen LogP contribution >= 0.6 is 0 Å². The maximum atomic E-state index is 11.9. The molecule has 0 radical (unpaired) electrons. The fourth-order valence-electron chi connectivity index (χ4n) is 2.03. The van der Waals surface area contributed by atoms with Crippen molar-refractivity contribution in [3.63, 3.8) is 0 Å². The molecule has 1 amide bonds. The molecular weight excluding hydrogens is 374 g/mol. The molecule has 0 fully saturated rings. The Morgan fingerprint density at radius 2 is 1.76 bits per heavy atom. The summed E-state index contributed by atoms with van der Waals surface area (Å²) in [4.78, 5) is 10.4. The van der Waals surface area contributed by atoms with Gasteiger partial charge in [-0.2, -0.15) is 16.8 Å². The third-order valence-corrected chi connectivity index (χ3v) is 5.16. The molecule has 0 saturated heterocycles. The largest absolute Gasteiger partial charge is 0.351 e. The average Bonchev–Trinajstić information content (AvgIpc) is 2.50. The average molecular weight is 395 g/mol. The van der Waals surface area contributed by atoms with Crippen LogP contribution in [0.4, 0.5) is 0 Å². The number of benzene rings is 1. The van der Waals surface area contributed by atoms with E-state index in [1.165, 1.54) is 0 Å². The molecule has 1 aromatic rings. The van der Waals surface area contributed by atoms with Crippen molar-refractivity contribution >= 4 is 26.1 Å². The summed E-state index contributed by atoms with van der Waals surface area (Å²) >= 11 is 0. The number of nitrogens with one attached hydrogen (secondary N) is 1. The Morgan fingerprint density at radius 3 is 2.28 bits per heavy atom. The molecule has 1 atom stereocenters. The zero-order valence-electron chi connectivity index (χ0n) is 13.3. The first kappa shape index (κ1) is 21.5. The Labute approximate surface area is 146 Å². The molecule has 1 rings (SSSR count). The van der Waals surface area contributed by atoms with Gasteiger partial charge in [0.2, 0.25) is 5.91 Å². The molecule has 25 heavy (non-hydrogen) atoms. The lowest BCUT2D eigenvalue weighted by Crippen LogP contribution is -2.40. The number of rotatable bonds is 9. The Morgan fingerprint density at radius 1 is 1.12 bits per heavy atom. The number of carbonyl (C=O) groups excluding carboxylic acids is 1. The highest BCUT2D eigenvalue weighted by molar-refractivity contribution is 7.86. The molecule has 1 unspecified atom stereocenters. The number of unbranched alkanes of at least 4 members (excludes halogenated alkanes) is 1. The van der Waals surface area contributed by atoms with Crippen molar-refractivity contribution in [2.75, 3.05) is 6.54 Å². The van der Waals surface area contributed by atoms with E-state index >= 15 is 0 Å². The summed E-state index contributed by atoms with van der Waals surface area (Å²) < 4.78 is 63.2. The second-order valence-corrected chi connectivity index (χ2v) is 8.14. The zero-order valence-corrected chi connectivity index (χ0v) is 14.9. The fraction of sp³-hybridized carbons (Fsp3) is 0.462. The maximum absolute atomic E-state index is 11.9. The van der Waals surface area contributed by atoms with Crippen molar-refractivity contribution in [3.05, 3.63) is 23.8 Å². The first-order chi connectivity index (χ1) is 11.5. The van der Waals surface area contributed by atoms with Gasteiger partial charge in [-0.1, -0.05) is 12.5 Å². The van der Waals surface area contributed by atoms with Gasteiger partial charge < -0.3 is 16.8 Å². The van der Waals surface area contributed by atoms with Crippen LogP contribution in [0.3, 0.4) is 0 Å². The molecule has 0 spiro atoms. The van der Waals surface area contributed by atoms with E-state index in [0.717, 1.165) is 12.1 Å².